The first kappa shape index (κ1) is 13.9. The molecule has 2 aromatic rings. The molecule has 0 aliphatic carbocycles. The molecule has 2 rings (SSSR count). The first-order chi connectivity index (χ1) is 8.90. The average Bonchev–Trinajstić information content (AvgIpc) is 2.33. The zero-order chi connectivity index (χ0) is 14.2. The topological polar surface area (TPSA) is 17.1 Å². The first-order valence-electron chi connectivity index (χ1n) is 5.66. The fourth-order valence-corrected chi connectivity index (χ4v) is 2.45. The Morgan fingerprint density at radius 3 is 2.32 bits per heavy atom. The van der Waals surface area contributed by atoms with Crippen molar-refractivity contribution in [1.82, 2.24) is 0 Å². The maximum Gasteiger partial charge on any atom is 0.197 e. The van der Waals surface area contributed by atoms with Gasteiger partial charge in [-0.3, -0.25) is 4.79 Å². The predicted molar refractivity (Wildman–Crippen MR) is 73.4 cm³/mol. The third-order valence-electron chi connectivity index (χ3n) is 2.86. The lowest BCUT2D eigenvalue weighted by Crippen LogP contribution is -2.07. The molecule has 0 atom stereocenters. The molecule has 2 aromatic carbocycles. The van der Waals surface area contributed by atoms with Gasteiger partial charge in [-0.15, -0.1) is 0 Å². The van der Waals surface area contributed by atoms with Gasteiger partial charge < -0.3 is 0 Å². The minimum absolute atomic E-state index is 0.122. The van der Waals surface area contributed by atoms with Crippen molar-refractivity contribution in [2.24, 2.45) is 0 Å². The monoisotopic (exact) mass is 324 g/mol. The highest BCUT2D eigenvalue weighted by atomic mass is 79.9. The Kier molecular flexibility index (Phi) is 3.80. The maximum absolute atomic E-state index is 13.7. The molecule has 0 spiro atoms. The Morgan fingerprint density at radius 1 is 1.00 bits per heavy atom. The second kappa shape index (κ2) is 5.21. The molecule has 0 saturated heterocycles. The van der Waals surface area contributed by atoms with E-state index in [1.54, 1.807) is 18.2 Å². The molecule has 0 amide bonds. The molecular weight excluding hydrogens is 314 g/mol. The van der Waals surface area contributed by atoms with Crippen molar-refractivity contribution < 1.29 is 13.6 Å². The van der Waals surface area contributed by atoms with Gasteiger partial charge >= 0.3 is 0 Å². The van der Waals surface area contributed by atoms with Crippen LogP contribution in [-0.4, -0.2) is 5.78 Å². The second-order valence-corrected chi connectivity index (χ2v) is 5.25. The van der Waals surface area contributed by atoms with Crippen LogP contribution in [0.25, 0.3) is 0 Å². The standard InChI is InChI=1S/C15H11BrF2O/c1-8-3-4-10(12(16)5-8)15(19)11-6-9(2)13(17)7-14(11)18/h3-7H,1-2H3. The molecule has 0 bridgehead atoms. The minimum atomic E-state index is -0.847. The molecule has 0 heterocycles. The van der Waals surface area contributed by atoms with Crippen LogP contribution in [0, 0.1) is 25.5 Å². The molecule has 98 valence electrons. The molecule has 0 fully saturated rings. The molecule has 0 aliphatic heterocycles. The van der Waals surface area contributed by atoms with Crippen LogP contribution in [-0.2, 0) is 0 Å². The molecule has 0 radical (unpaired) electrons. The van der Waals surface area contributed by atoms with Gasteiger partial charge in [0, 0.05) is 16.1 Å². The fraction of sp³-hybridized carbons (Fsp3) is 0.133. The van der Waals surface area contributed by atoms with Crippen LogP contribution in [0.15, 0.2) is 34.8 Å². The van der Waals surface area contributed by atoms with Crippen LogP contribution < -0.4 is 0 Å². The average molecular weight is 325 g/mol. The summed E-state index contributed by atoms with van der Waals surface area (Å²) >= 11 is 3.29. The Hall–Kier alpha value is -1.55. The number of carbonyl (C=O) groups is 1. The van der Waals surface area contributed by atoms with Crippen LogP contribution in [0.5, 0.6) is 0 Å². The van der Waals surface area contributed by atoms with Crippen molar-refractivity contribution in [2.75, 3.05) is 0 Å². The number of rotatable bonds is 2. The lowest BCUT2D eigenvalue weighted by Gasteiger charge is -2.07. The van der Waals surface area contributed by atoms with Gasteiger partial charge in [0.1, 0.15) is 11.6 Å². The van der Waals surface area contributed by atoms with E-state index in [-0.39, 0.29) is 11.1 Å². The minimum Gasteiger partial charge on any atom is -0.288 e. The van der Waals surface area contributed by atoms with E-state index < -0.39 is 17.4 Å². The van der Waals surface area contributed by atoms with Gasteiger partial charge in [0.15, 0.2) is 5.78 Å². The highest BCUT2D eigenvalue weighted by molar-refractivity contribution is 9.10. The highest BCUT2D eigenvalue weighted by Gasteiger charge is 2.18. The fourth-order valence-electron chi connectivity index (χ4n) is 1.78. The largest absolute Gasteiger partial charge is 0.288 e. The Labute approximate surface area is 118 Å². The lowest BCUT2D eigenvalue weighted by molar-refractivity contribution is 0.103. The molecule has 0 saturated carbocycles. The summed E-state index contributed by atoms with van der Waals surface area (Å²) in [4.78, 5) is 12.3. The summed E-state index contributed by atoms with van der Waals surface area (Å²) in [6.45, 7) is 3.39. The van der Waals surface area contributed by atoms with Crippen molar-refractivity contribution >= 4 is 21.7 Å². The SMILES string of the molecule is Cc1ccc(C(=O)c2cc(C)c(F)cc2F)c(Br)c1. The Balaban J connectivity index is 2.53. The number of benzene rings is 2. The van der Waals surface area contributed by atoms with Gasteiger partial charge in [0.05, 0.1) is 5.56 Å². The summed E-state index contributed by atoms with van der Waals surface area (Å²) in [6, 6.07) is 7.15. The van der Waals surface area contributed by atoms with E-state index in [1.807, 2.05) is 6.92 Å². The normalized spacial score (nSPS) is 10.6. The van der Waals surface area contributed by atoms with Crippen LogP contribution in [0.3, 0.4) is 0 Å². The highest BCUT2D eigenvalue weighted by Crippen LogP contribution is 2.24. The van der Waals surface area contributed by atoms with Gasteiger partial charge in [-0.2, -0.15) is 0 Å². The van der Waals surface area contributed by atoms with E-state index in [4.69, 9.17) is 0 Å². The summed E-state index contributed by atoms with van der Waals surface area (Å²) in [7, 11) is 0. The summed E-state index contributed by atoms with van der Waals surface area (Å²) in [5.74, 6) is -1.97. The number of hydrogen-bond acceptors (Lipinski definition) is 1. The summed E-state index contributed by atoms with van der Waals surface area (Å²) in [5.41, 5.74) is 1.46. The van der Waals surface area contributed by atoms with Crippen molar-refractivity contribution in [3.05, 3.63) is 68.7 Å². The van der Waals surface area contributed by atoms with E-state index in [9.17, 15) is 13.6 Å². The van der Waals surface area contributed by atoms with Crippen LogP contribution in [0.2, 0.25) is 0 Å². The smallest absolute Gasteiger partial charge is 0.197 e. The molecule has 1 nitrogen and oxygen atoms in total. The Bertz CT molecular complexity index is 665. The first-order valence-corrected chi connectivity index (χ1v) is 6.46. The number of hydrogen-bond donors (Lipinski definition) is 0. The van der Waals surface area contributed by atoms with E-state index in [2.05, 4.69) is 15.9 Å². The van der Waals surface area contributed by atoms with Gasteiger partial charge in [-0.05, 0) is 43.2 Å². The number of halogens is 3. The van der Waals surface area contributed by atoms with Crippen molar-refractivity contribution in [1.29, 1.82) is 0 Å². The van der Waals surface area contributed by atoms with Crippen LogP contribution >= 0.6 is 15.9 Å². The van der Waals surface area contributed by atoms with Crippen molar-refractivity contribution in [2.45, 2.75) is 13.8 Å². The van der Waals surface area contributed by atoms with E-state index in [0.717, 1.165) is 11.6 Å². The van der Waals surface area contributed by atoms with Gasteiger partial charge in [-0.1, -0.05) is 22.0 Å². The second-order valence-electron chi connectivity index (χ2n) is 4.39. The maximum atomic E-state index is 13.7. The molecule has 0 unspecified atom stereocenters. The van der Waals surface area contributed by atoms with Gasteiger partial charge in [0.25, 0.3) is 0 Å². The summed E-state index contributed by atoms with van der Waals surface area (Å²) in [5, 5.41) is 0. The number of carbonyl (C=O) groups excluding carboxylic acids is 1. The zero-order valence-corrected chi connectivity index (χ0v) is 12.0. The Morgan fingerprint density at radius 2 is 1.68 bits per heavy atom. The quantitative estimate of drug-likeness (QED) is 0.739. The molecule has 0 aliphatic rings. The molecular formula is C15H11BrF2O. The van der Waals surface area contributed by atoms with Crippen molar-refractivity contribution in [3.8, 4) is 0 Å². The molecule has 19 heavy (non-hydrogen) atoms. The molecule has 4 heteroatoms. The zero-order valence-electron chi connectivity index (χ0n) is 10.4. The van der Waals surface area contributed by atoms with Gasteiger partial charge in [0.2, 0.25) is 0 Å². The van der Waals surface area contributed by atoms with E-state index >= 15 is 0 Å². The predicted octanol–water partition coefficient (Wildman–Crippen LogP) is 4.58. The molecule has 0 aromatic heterocycles. The third-order valence-corrected chi connectivity index (χ3v) is 3.52. The van der Waals surface area contributed by atoms with Crippen LogP contribution in [0.4, 0.5) is 8.78 Å². The lowest BCUT2D eigenvalue weighted by atomic mass is 10.00. The van der Waals surface area contributed by atoms with E-state index in [0.29, 0.717) is 10.0 Å². The number of aryl methyl sites for hydroxylation is 2. The molecule has 0 N–H and O–H groups in total. The third kappa shape index (κ3) is 2.73. The number of ketones is 1. The van der Waals surface area contributed by atoms with Crippen molar-refractivity contribution in [3.63, 3.8) is 0 Å². The van der Waals surface area contributed by atoms with Gasteiger partial charge in [-0.25, -0.2) is 8.78 Å². The summed E-state index contributed by atoms with van der Waals surface area (Å²) < 4.78 is 27.5. The summed E-state index contributed by atoms with van der Waals surface area (Å²) in [6.07, 6.45) is 0. The van der Waals surface area contributed by atoms with E-state index in [1.165, 1.54) is 13.0 Å². The van der Waals surface area contributed by atoms with Crippen LogP contribution in [0.1, 0.15) is 27.0 Å².